The lowest BCUT2D eigenvalue weighted by molar-refractivity contribution is -0.124. The zero-order valence-corrected chi connectivity index (χ0v) is 16.0. The van der Waals surface area contributed by atoms with Crippen LogP contribution in [0, 0.1) is 0 Å². The van der Waals surface area contributed by atoms with Gasteiger partial charge in [-0.2, -0.15) is 0 Å². The molecule has 1 amide bonds. The van der Waals surface area contributed by atoms with E-state index in [2.05, 4.69) is 5.32 Å². The maximum atomic E-state index is 12.1. The summed E-state index contributed by atoms with van der Waals surface area (Å²) in [6, 6.07) is 12.1. The highest BCUT2D eigenvalue weighted by atomic mass is 35.5. The second-order valence-corrected chi connectivity index (χ2v) is 6.04. The molecule has 0 radical (unpaired) electrons. The fourth-order valence-electron chi connectivity index (χ4n) is 2.37. The van der Waals surface area contributed by atoms with Crippen molar-refractivity contribution in [3.63, 3.8) is 0 Å². The number of amides is 1. The Kier molecular flexibility index (Phi) is 7.95. The molecule has 0 aliphatic rings. The Labute approximate surface area is 163 Å². The number of halogens is 1. The highest BCUT2D eigenvalue weighted by molar-refractivity contribution is 6.30. The average molecular weight is 392 g/mol. The maximum Gasteiger partial charge on any atom is 0.338 e. The van der Waals surface area contributed by atoms with Crippen LogP contribution in [0.15, 0.2) is 42.5 Å². The molecular weight excluding hydrogens is 370 g/mol. The molecule has 0 spiro atoms. The number of methoxy groups -OCH3 is 1. The Bertz CT molecular complexity index is 794. The third-order valence-electron chi connectivity index (χ3n) is 3.66. The van der Waals surface area contributed by atoms with Gasteiger partial charge in [-0.05, 0) is 49.2 Å². The molecule has 1 N–H and O–H groups in total. The fourth-order valence-corrected chi connectivity index (χ4v) is 2.59. The molecule has 0 fully saturated rings. The first-order valence-electron chi connectivity index (χ1n) is 8.52. The third-order valence-corrected chi connectivity index (χ3v) is 3.89. The molecule has 0 bridgehead atoms. The lowest BCUT2D eigenvalue weighted by Gasteiger charge is -2.11. The fraction of sp³-hybridized carbons (Fsp3) is 0.300. The molecule has 0 aromatic heterocycles. The average Bonchev–Trinajstić information content (AvgIpc) is 2.66. The number of carbonyl (C=O) groups excluding carboxylic acids is 2. The minimum Gasteiger partial charge on any atom is -0.493 e. The number of carbonyl (C=O) groups is 2. The summed E-state index contributed by atoms with van der Waals surface area (Å²) in [7, 11) is 1.49. The van der Waals surface area contributed by atoms with Crippen LogP contribution in [0.25, 0.3) is 0 Å². The number of hydrogen-bond donors (Lipinski definition) is 1. The Morgan fingerprint density at radius 1 is 1.11 bits per heavy atom. The summed E-state index contributed by atoms with van der Waals surface area (Å²) in [5.41, 5.74) is 1.29. The van der Waals surface area contributed by atoms with Crippen molar-refractivity contribution in [2.24, 2.45) is 0 Å². The van der Waals surface area contributed by atoms with Crippen LogP contribution in [0.3, 0.4) is 0 Å². The summed E-state index contributed by atoms with van der Waals surface area (Å²) in [6.07, 6.45) is 0.635. The van der Waals surface area contributed by atoms with Gasteiger partial charge in [0.25, 0.3) is 5.91 Å². The second-order valence-electron chi connectivity index (χ2n) is 5.60. The van der Waals surface area contributed by atoms with Crippen LogP contribution >= 0.6 is 11.6 Å². The van der Waals surface area contributed by atoms with Gasteiger partial charge < -0.3 is 19.5 Å². The normalized spacial score (nSPS) is 10.2. The molecule has 6 nitrogen and oxygen atoms in total. The highest BCUT2D eigenvalue weighted by Crippen LogP contribution is 2.28. The van der Waals surface area contributed by atoms with Crippen LogP contribution in [0.2, 0.25) is 5.02 Å². The van der Waals surface area contributed by atoms with Crippen LogP contribution < -0.4 is 14.8 Å². The zero-order chi connectivity index (χ0) is 19.6. The lowest BCUT2D eigenvalue weighted by Crippen LogP contribution is -2.30. The topological polar surface area (TPSA) is 73.9 Å². The van der Waals surface area contributed by atoms with Crippen molar-refractivity contribution in [3.8, 4) is 11.5 Å². The Morgan fingerprint density at radius 2 is 1.93 bits per heavy atom. The van der Waals surface area contributed by atoms with E-state index >= 15 is 0 Å². The minimum absolute atomic E-state index is 0.280. The van der Waals surface area contributed by atoms with Crippen molar-refractivity contribution >= 4 is 23.5 Å². The van der Waals surface area contributed by atoms with E-state index in [4.69, 9.17) is 25.8 Å². The van der Waals surface area contributed by atoms with E-state index < -0.39 is 5.97 Å². The molecule has 2 aromatic carbocycles. The van der Waals surface area contributed by atoms with Crippen LogP contribution in [0.4, 0.5) is 0 Å². The summed E-state index contributed by atoms with van der Waals surface area (Å²) in [4.78, 5) is 23.9. The number of nitrogens with one attached hydrogen (secondary N) is 1. The monoisotopic (exact) mass is 391 g/mol. The van der Waals surface area contributed by atoms with Gasteiger partial charge in [0.05, 0.1) is 19.3 Å². The SMILES string of the molecule is CCOc1ccc(C(=O)OCC(=O)NCCc2cccc(Cl)c2)cc1OC. The van der Waals surface area contributed by atoms with Gasteiger partial charge in [0.2, 0.25) is 0 Å². The molecule has 0 saturated heterocycles. The first kappa shape index (κ1) is 20.6. The van der Waals surface area contributed by atoms with E-state index in [0.29, 0.717) is 36.1 Å². The summed E-state index contributed by atoms with van der Waals surface area (Å²) in [6.45, 7) is 2.40. The molecule has 144 valence electrons. The molecule has 0 aliphatic heterocycles. The molecule has 27 heavy (non-hydrogen) atoms. The molecule has 0 unspecified atom stereocenters. The summed E-state index contributed by atoms with van der Waals surface area (Å²) < 4.78 is 15.6. The molecule has 0 saturated carbocycles. The largest absolute Gasteiger partial charge is 0.493 e. The van der Waals surface area contributed by atoms with E-state index in [1.54, 1.807) is 18.2 Å². The van der Waals surface area contributed by atoms with Gasteiger partial charge in [0.1, 0.15) is 0 Å². The van der Waals surface area contributed by atoms with Gasteiger partial charge in [0.15, 0.2) is 18.1 Å². The number of ether oxygens (including phenoxy) is 3. The van der Waals surface area contributed by atoms with Gasteiger partial charge in [-0.25, -0.2) is 4.79 Å². The molecule has 0 heterocycles. The van der Waals surface area contributed by atoms with Crippen LogP contribution in [0.1, 0.15) is 22.8 Å². The highest BCUT2D eigenvalue weighted by Gasteiger charge is 2.13. The van der Waals surface area contributed by atoms with Crippen LogP contribution in [-0.2, 0) is 16.0 Å². The predicted molar refractivity (Wildman–Crippen MR) is 103 cm³/mol. The Morgan fingerprint density at radius 3 is 2.63 bits per heavy atom. The van der Waals surface area contributed by atoms with Crippen molar-refractivity contribution < 1.29 is 23.8 Å². The molecule has 0 aliphatic carbocycles. The second kappa shape index (κ2) is 10.4. The predicted octanol–water partition coefficient (Wildman–Crippen LogP) is 3.26. The number of hydrogen-bond acceptors (Lipinski definition) is 5. The number of benzene rings is 2. The first-order chi connectivity index (χ1) is 13.0. The zero-order valence-electron chi connectivity index (χ0n) is 15.3. The molecule has 7 heteroatoms. The lowest BCUT2D eigenvalue weighted by atomic mass is 10.1. The van der Waals surface area contributed by atoms with Gasteiger partial charge in [-0.3, -0.25) is 4.79 Å². The summed E-state index contributed by atoms with van der Waals surface area (Å²) in [5, 5.41) is 3.35. The van der Waals surface area contributed by atoms with Gasteiger partial charge in [-0.15, -0.1) is 0 Å². The van der Waals surface area contributed by atoms with Gasteiger partial charge in [-0.1, -0.05) is 23.7 Å². The Hall–Kier alpha value is -2.73. The first-order valence-corrected chi connectivity index (χ1v) is 8.90. The Balaban J connectivity index is 1.79. The molecule has 0 atom stereocenters. The summed E-state index contributed by atoms with van der Waals surface area (Å²) in [5.74, 6) is -0.0165. The minimum atomic E-state index is -0.610. The van der Waals surface area contributed by atoms with E-state index in [1.165, 1.54) is 13.2 Å². The van der Waals surface area contributed by atoms with Gasteiger partial charge in [0, 0.05) is 11.6 Å². The number of rotatable bonds is 9. The molecule has 2 aromatic rings. The quantitative estimate of drug-likeness (QED) is 0.664. The molecule has 2 rings (SSSR count). The van der Waals surface area contributed by atoms with E-state index in [9.17, 15) is 9.59 Å². The number of esters is 1. The third kappa shape index (κ3) is 6.49. The van der Waals surface area contributed by atoms with Crippen molar-refractivity contribution in [2.75, 3.05) is 26.9 Å². The van der Waals surface area contributed by atoms with Crippen molar-refractivity contribution in [1.29, 1.82) is 0 Å². The van der Waals surface area contributed by atoms with E-state index in [1.807, 2.05) is 25.1 Å². The van der Waals surface area contributed by atoms with Gasteiger partial charge >= 0.3 is 5.97 Å². The van der Waals surface area contributed by atoms with Crippen molar-refractivity contribution in [2.45, 2.75) is 13.3 Å². The van der Waals surface area contributed by atoms with Crippen LogP contribution in [-0.4, -0.2) is 38.7 Å². The van der Waals surface area contributed by atoms with E-state index in [-0.39, 0.29) is 18.1 Å². The standard InChI is InChI=1S/C20H22ClNO5/c1-3-26-17-8-7-15(12-18(17)25-2)20(24)27-13-19(23)22-10-9-14-5-4-6-16(21)11-14/h4-8,11-12H,3,9-10,13H2,1-2H3,(H,22,23). The van der Waals surface area contributed by atoms with Crippen LogP contribution in [0.5, 0.6) is 11.5 Å². The summed E-state index contributed by atoms with van der Waals surface area (Å²) >= 11 is 5.92. The maximum absolute atomic E-state index is 12.1. The smallest absolute Gasteiger partial charge is 0.338 e. The van der Waals surface area contributed by atoms with Crippen molar-refractivity contribution in [3.05, 3.63) is 58.6 Å². The molecular formula is C20H22ClNO5. The van der Waals surface area contributed by atoms with Crippen molar-refractivity contribution in [1.82, 2.24) is 5.32 Å². The van der Waals surface area contributed by atoms with E-state index in [0.717, 1.165) is 5.56 Å².